The van der Waals surface area contributed by atoms with Crippen LogP contribution in [0.25, 0.3) is 11.4 Å². The minimum atomic E-state index is 0.0416. The number of carbonyl (C=O) groups is 1. The molecule has 7 heteroatoms. The molecule has 1 amide bonds. The third kappa shape index (κ3) is 5.18. The van der Waals surface area contributed by atoms with Crippen LogP contribution in [0.5, 0.6) is 0 Å². The van der Waals surface area contributed by atoms with Gasteiger partial charge in [-0.1, -0.05) is 32.0 Å². The summed E-state index contributed by atoms with van der Waals surface area (Å²) in [6.45, 7) is 8.61. The molecule has 0 spiro atoms. The lowest BCUT2D eigenvalue weighted by atomic mass is 9.88. The van der Waals surface area contributed by atoms with Crippen molar-refractivity contribution < 1.29 is 9.53 Å². The highest BCUT2D eigenvalue weighted by molar-refractivity contribution is 5.95. The van der Waals surface area contributed by atoms with Crippen molar-refractivity contribution in [2.45, 2.75) is 52.1 Å². The largest absolute Gasteiger partial charge is 0.374 e. The number of benzene rings is 2. The maximum absolute atomic E-state index is 13.4. The van der Waals surface area contributed by atoms with Crippen molar-refractivity contribution in [1.82, 2.24) is 20.1 Å². The number of aromatic nitrogens is 3. The highest BCUT2D eigenvalue weighted by atomic mass is 16.5. The van der Waals surface area contributed by atoms with E-state index >= 15 is 0 Å². The van der Waals surface area contributed by atoms with E-state index in [1.807, 2.05) is 54.3 Å². The van der Waals surface area contributed by atoms with E-state index in [0.29, 0.717) is 55.0 Å². The van der Waals surface area contributed by atoms with E-state index in [2.05, 4.69) is 35.1 Å². The van der Waals surface area contributed by atoms with E-state index in [0.717, 1.165) is 24.0 Å². The summed E-state index contributed by atoms with van der Waals surface area (Å²) in [7, 11) is 0. The van der Waals surface area contributed by atoms with E-state index in [4.69, 9.17) is 10.00 Å². The number of nitriles is 1. The van der Waals surface area contributed by atoms with E-state index in [1.54, 1.807) is 0 Å². The predicted octanol–water partition coefficient (Wildman–Crippen LogP) is 5.02. The summed E-state index contributed by atoms with van der Waals surface area (Å²) >= 11 is 0. The number of hydrogen-bond donors (Lipinski definition) is 1. The molecule has 1 aliphatic heterocycles. The zero-order chi connectivity index (χ0) is 24.1. The molecule has 0 saturated carbocycles. The van der Waals surface area contributed by atoms with Crippen LogP contribution in [-0.4, -0.2) is 45.7 Å². The Kier molecular flexibility index (Phi) is 7.39. The van der Waals surface area contributed by atoms with Crippen LogP contribution < -0.4 is 0 Å². The monoisotopic (exact) mass is 457 g/mol. The topological polar surface area (TPSA) is 94.9 Å². The first-order chi connectivity index (χ1) is 16.5. The zero-order valence-corrected chi connectivity index (χ0v) is 20.0. The van der Waals surface area contributed by atoms with Gasteiger partial charge in [0.25, 0.3) is 5.91 Å². The van der Waals surface area contributed by atoms with Crippen LogP contribution >= 0.6 is 0 Å². The average Bonchev–Trinajstić information content (AvgIpc) is 3.35. The molecule has 0 radical (unpaired) electrons. The molecule has 2 aromatic carbocycles. The molecule has 4 rings (SSSR count). The fourth-order valence-electron chi connectivity index (χ4n) is 4.49. The Labute approximate surface area is 200 Å². The second-order valence-electron chi connectivity index (χ2n) is 9.00. The van der Waals surface area contributed by atoms with Gasteiger partial charge in [-0.05, 0) is 67.0 Å². The maximum atomic E-state index is 13.4. The number of ether oxygens (including phenoxy) is 1. The second kappa shape index (κ2) is 10.6. The molecule has 3 aromatic rings. The molecule has 1 aromatic heterocycles. The van der Waals surface area contributed by atoms with Gasteiger partial charge in [0, 0.05) is 30.8 Å². The summed E-state index contributed by atoms with van der Waals surface area (Å²) in [5, 5.41) is 16.3. The minimum absolute atomic E-state index is 0.0416. The summed E-state index contributed by atoms with van der Waals surface area (Å²) in [5.41, 5.74) is 4.56. The first kappa shape index (κ1) is 23.7. The average molecular weight is 458 g/mol. The molecule has 0 bridgehead atoms. The van der Waals surface area contributed by atoms with Crippen LogP contribution in [0.3, 0.4) is 0 Å². The van der Waals surface area contributed by atoms with Crippen molar-refractivity contribution in [1.29, 1.82) is 5.26 Å². The molecule has 176 valence electrons. The van der Waals surface area contributed by atoms with Crippen molar-refractivity contribution in [2.24, 2.45) is 0 Å². The number of rotatable bonds is 7. The SMILES string of the molecule is CCOCc1nc(-c2cc(C(=O)N3CCC(c4ccc(C#N)cc4)CC3)ccc2C(C)C)n[nH]1. The standard InChI is InChI=1S/C27H31N5O2/c1-4-34-17-25-29-26(31-30-25)24-15-22(9-10-23(24)18(2)3)27(33)32-13-11-21(12-14-32)20-7-5-19(16-28)6-8-20/h5-10,15,18,21H,4,11-14,17H2,1-3H3,(H,29,30,31). The van der Waals surface area contributed by atoms with E-state index in [-0.39, 0.29) is 11.8 Å². The summed E-state index contributed by atoms with van der Waals surface area (Å²) in [4.78, 5) is 19.9. The van der Waals surface area contributed by atoms with Gasteiger partial charge >= 0.3 is 0 Å². The molecule has 1 fully saturated rings. The van der Waals surface area contributed by atoms with Crippen LogP contribution in [0.1, 0.15) is 78.3 Å². The number of carbonyl (C=O) groups excluding carboxylic acids is 1. The fraction of sp³-hybridized carbons (Fsp3) is 0.407. The Morgan fingerprint density at radius 1 is 1.21 bits per heavy atom. The Bertz CT molecular complexity index is 1170. The smallest absolute Gasteiger partial charge is 0.253 e. The number of hydrogen-bond acceptors (Lipinski definition) is 5. The number of nitrogens with one attached hydrogen (secondary N) is 1. The first-order valence-electron chi connectivity index (χ1n) is 11.9. The lowest BCUT2D eigenvalue weighted by Gasteiger charge is -2.32. The fourth-order valence-corrected chi connectivity index (χ4v) is 4.49. The van der Waals surface area contributed by atoms with Crippen LogP contribution in [0.2, 0.25) is 0 Å². The normalized spacial score (nSPS) is 14.4. The minimum Gasteiger partial charge on any atom is -0.374 e. The van der Waals surface area contributed by atoms with Gasteiger partial charge < -0.3 is 9.64 Å². The van der Waals surface area contributed by atoms with Crippen LogP contribution in [-0.2, 0) is 11.3 Å². The van der Waals surface area contributed by atoms with E-state index < -0.39 is 0 Å². The molecular formula is C27H31N5O2. The molecule has 1 N–H and O–H groups in total. The van der Waals surface area contributed by atoms with Gasteiger partial charge in [-0.25, -0.2) is 4.98 Å². The second-order valence-corrected chi connectivity index (χ2v) is 9.00. The number of likely N-dealkylation sites (tertiary alicyclic amines) is 1. The summed E-state index contributed by atoms with van der Waals surface area (Å²) < 4.78 is 5.43. The van der Waals surface area contributed by atoms with Gasteiger partial charge in [0.1, 0.15) is 6.61 Å². The van der Waals surface area contributed by atoms with E-state index in [9.17, 15) is 4.79 Å². The van der Waals surface area contributed by atoms with Crippen molar-refractivity contribution in [3.63, 3.8) is 0 Å². The van der Waals surface area contributed by atoms with Gasteiger partial charge in [-0.15, -0.1) is 0 Å². The number of nitrogens with zero attached hydrogens (tertiary/aromatic N) is 4. The van der Waals surface area contributed by atoms with Gasteiger partial charge in [-0.2, -0.15) is 10.4 Å². The van der Waals surface area contributed by atoms with Gasteiger partial charge in [0.05, 0.1) is 11.6 Å². The van der Waals surface area contributed by atoms with Gasteiger partial charge in [-0.3, -0.25) is 9.89 Å². The van der Waals surface area contributed by atoms with Gasteiger partial charge in [0.15, 0.2) is 11.6 Å². The molecular weight excluding hydrogens is 426 g/mol. The quantitative estimate of drug-likeness (QED) is 0.537. The summed E-state index contributed by atoms with van der Waals surface area (Å²) in [6.07, 6.45) is 1.83. The molecule has 7 nitrogen and oxygen atoms in total. The van der Waals surface area contributed by atoms with Crippen molar-refractivity contribution >= 4 is 5.91 Å². The maximum Gasteiger partial charge on any atom is 0.253 e. The van der Waals surface area contributed by atoms with Crippen molar-refractivity contribution in [3.8, 4) is 17.5 Å². The number of piperidine rings is 1. The summed E-state index contributed by atoms with van der Waals surface area (Å²) in [6, 6.07) is 15.8. The van der Waals surface area contributed by atoms with E-state index in [1.165, 1.54) is 5.56 Å². The highest BCUT2D eigenvalue weighted by Gasteiger charge is 2.26. The van der Waals surface area contributed by atoms with Crippen LogP contribution in [0, 0.1) is 11.3 Å². The number of aromatic amines is 1. The Morgan fingerprint density at radius 3 is 2.59 bits per heavy atom. The van der Waals surface area contributed by atoms with Gasteiger partial charge in [0.2, 0.25) is 0 Å². The molecule has 1 saturated heterocycles. The molecule has 0 atom stereocenters. The third-order valence-corrected chi connectivity index (χ3v) is 6.43. The predicted molar refractivity (Wildman–Crippen MR) is 130 cm³/mol. The summed E-state index contributed by atoms with van der Waals surface area (Å²) in [5.74, 6) is 1.99. The molecule has 1 aliphatic rings. The Hall–Kier alpha value is -3.50. The Balaban J connectivity index is 1.49. The third-order valence-electron chi connectivity index (χ3n) is 6.43. The van der Waals surface area contributed by atoms with Crippen LogP contribution in [0.4, 0.5) is 0 Å². The molecule has 34 heavy (non-hydrogen) atoms. The first-order valence-corrected chi connectivity index (χ1v) is 11.9. The molecule has 0 aliphatic carbocycles. The number of H-pyrrole nitrogens is 1. The highest BCUT2D eigenvalue weighted by Crippen LogP contribution is 2.31. The molecule has 2 heterocycles. The zero-order valence-electron chi connectivity index (χ0n) is 20.0. The lowest BCUT2D eigenvalue weighted by Crippen LogP contribution is -2.38. The lowest BCUT2D eigenvalue weighted by molar-refractivity contribution is 0.0713. The van der Waals surface area contributed by atoms with Crippen LogP contribution in [0.15, 0.2) is 42.5 Å². The van der Waals surface area contributed by atoms with Crippen molar-refractivity contribution in [3.05, 3.63) is 70.5 Å². The molecule has 0 unspecified atom stereocenters. The van der Waals surface area contributed by atoms with Crippen molar-refractivity contribution in [2.75, 3.05) is 19.7 Å². The Morgan fingerprint density at radius 2 is 1.94 bits per heavy atom. The number of amides is 1.